The predicted octanol–water partition coefficient (Wildman–Crippen LogP) is 0.855. The van der Waals surface area contributed by atoms with Gasteiger partial charge in [-0.15, -0.1) is 0 Å². The summed E-state index contributed by atoms with van der Waals surface area (Å²) < 4.78 is 0. The molecule has 0 radical (unpaired) electrons. The zero-order chi connectivity index (χ0) is 6.24. The average Bonchev–Trinajstić information content (AvgIpc) is 1.61. The summed E-state index contributed by atoms with van der Waals surface area (Å²) in [4.78, 5) is 0. The highest BCUT2D eigenvalue weighted by molar-refractivity contribution is 4.50. The highest BCUT2D eigenvalue weighted by Gasteiger charge is 1.95. The number of aliphatic hydroxyl groups excluding tert-OH is 2. The van der Waals surface area contributed by atoms with Crippen LogP contribution in [0.15, 0.2) is 0 Å². The lowest BCUT2D eigenvalue weighted by molar-refractivity contribution is 0.186. The molecule has 0 aliphatic heterocycles. The molecule has 0 atom stereocenters. The summed E-state index contributed by atoms with van der Waals surface area (Å²) in [5.74, 6) is 0. The van der Waals surface area contributed by atoms with Gasteiger partial charge in [0.05, 0.1) is 13.2 Å². The topological polar surface area (TPSA) is 110 Å². The zero-order valence-electron chi connectivity index (χ0n) is 6.55. The third-order valence-electron chi connectivity index (χ3n) is 1.10. The summed E-state index contributed by atoms with van der Waals surface area (Å²) in [5, 5.41) is 15.2. The molecule has 1 fully saturated rings. The fraction of sp³-hybridized carbons (Fsp3) is 1.00. The second-order valence-electron chi connectivity index (χ2n) is 1.86. The maximum Gasteiger partial charge on any atom is 0.0662 e. The van der Waals surface area contributed by atoms with E-state index in [0.717, 1.165) is 0 Å². The molecular weight excluding hydrogens is 132 g/mol. The number of hydrogen-bond acceptors (Lipinski definition) is 4. The molecule has 1 aliphatic rings. The lowest BCUT2D eigenvalue weighted by atomic mass is 10.0. The van der Waals surface area contributed by atoms with Gasteiger partial charge in [0.2, 0.25) is 0 Å². The van der Waals surface area contributed by atoms with Crippen molar-refractivity contribution >= 4 is 0 Å². The van der Waals surface area contributed by atoms with Crippen molar-refractivity contribution in [3.8, 4) is 0 Å². The first-order valence-corrected chi connectivity index (χ1v) is 3.13. The van der Waals surface area contributed by atoms with E-state index in [1.54, 1.807) is 0 Å². The molecule has 0 heterocycles. The zero-order valence-corrected chi connectivity index (χ0v) is 6.55. The molecule has 8 N–H and O–H groups in total. The van der Waals surface area contributed by atoms with Gasteiger partial charge in [-0.1, -0.05) is 25.7 Å². The second-order valence-corrected chi connectivity index (χ2v) is 1.86. The Bertz CT molecular complexity index is 34.7. The SMILES string of the molecule is C1CCC1.N.N.OCCO. The molecule has 4 heteroatoms. The number of rotatable bonds is 1. The highest BCUT2D eigenvalue weighted by atomic mass is 16.3. The van der Waals surface area contributed by atoms with Gasteiger partial charge in [-0.25, -0.2) is 0 Å². The van der Waals surface area contributed by atoms with E-state index in [9.17, 15) is 0 Å². The van der Waals surface area contributed by atoms with Crippen LogP contribution in [0.2, 0.25) is 0 Å². The van der Waals surface area contributed by atoms with Crippen molar-refractivity contribution in [3.05, 3.63) is 0 Å². The van der Waals surface area contributed by atoms with E-state index < -0.39 is 0 Å². The summed E-state index contributed by atoms with van der Waals surface area (Å²) in [6.45, 7) is -0.250. The normalized spacial score (nSPS) is 12.6. The largest absolute Gasteiger partial charge is 0.394 e. The maximum absolute atomic E-state index is 7.62. The molecule has 10 heavy (non-hydrogen) atoms. The molecule has 0 bridgehead atoms. The Hall–Kier alpha value is -0.160. The van der Waals surface area contributed by atoms with E-state index in [2.05, 4.69) is 0 Å². The Morgan fingerprint density at radius 2 is 0.900 bits per heavy atom. The Balaban J connectivity index is -0.0000000817. The fourth-order valence-corrected chi connectivity index (χ4v) is 0.250. The lowest BCUT2D eigenvalue weighted by Gasteiger charge is -2.05. The molecule has 0 aromatic carbocycles. The molecule has 1 saturated carbocycles. The van der Waals surface area contributed by atoms with Crippen LogP contribution in [0.4, 0.5) is 0 Å². The summed E-state index contributed by atoms with van der Waals surface area (Å²) in [6.07, 6.45) is 6.00. The Morgan fingerprint density at radius 1 is 0.700 bits per heavy atom. The molecule has 1 rings (SSSR count). The van der Waals surface area contributed by atoms with Crippen molar-refractivity contribution in [3.63, 3.8) is 0 Å². The molecule has 0 unspecified atom stereocenters. The minimum absolute atomic E-state index is 0. The first kappa shape index (κ1) is 16.4. The van der Waals surface area contributed by atoms with E-state index in [-0.39, 0.29) is 25.5 Å². The van der Waals surface area contributed by atoms with Crippen LogP contribution >= 0.6 is 0 Å². The molecule has 0 aromatic rings. The molecule has 0 aromatic heterocycles. The van der Waals surface area contributed by atoms with Crippen LogP contribution in [0.25, 0.3) is 0 Å². The van der Waals surface area contributed by atoms with Crippen molar-refractivity contribution in [2.24, 2.45) is 0 Å². The van der Waals surface area contributed by atoms with Gasteiger partial charge in [-0.05, 0) is 0 Å². The van der Waals surface area contributed by atoms with Crippen LogP contribution in [0.1, 0.15) is 25.7 Å². The van der Waals surface area contributed by atoms with Crippen molar-refractivity contribution in [2.75, 3.05) is 13.2 Å². The first-order valence-electron chi connectivity index (χ1n) is 3.13. The van der Waals surface area contributed by atoms with Gasteiger partial charge >= 0.3 is 0 Å². The third-order valence-corrected chi connectivity index (χ3v) is 1.10. The van der Waals surface area contributed by atoms with Crippen LogP contribution in [0.5, 0.6) is 0 Å². The van der Waals surface area contributed by atoms with Crippen molar-refractivity contribution in [1.29, 1.82) is 0 Å². The van der Waals surface area contributed by atoms with E-state index in [1.165, 1.54) is 25.7 Å². The summed E-state index contributed by atoms with van der Waals surface area (Å²) in [5.41, 5.74) is 0. The molecular formula is C6H20N2O2. The van der Waals surface area contributed by atoms with E-state index in [4.69, 9.17) is 10.2 Å². The summed E-state index contributed by atoms with van der Waals surface area (Å²) >= 11 is 0. The molecule has 1 aliphatic carbocycles. The minimum Gasteiger partial charge on any atom is -0.394 e. The molecule has 0 spiro atoms. The molecule has 66 valence electrons. The van der Waals surface area contributed by atoms with Gasteiger partial charge in [-0.3, -0.25) is 0 Å². The minimum atomic E-state index is -0.125. The van der Waals surface area contributed by atoms with E-state index in [0.29, 0.717) is 0 Å². The summed E-state index contributed by atoms with van der Waals surface area (Å²) in [6, 6.07) is 0. The lowest BCUT2D eigenvalue weighted by Crippen LogP contribution is -1.85. The molecule has 0 amide bonds. The van der Waals surface area contributed by atoms with Gasteiger partial charge in [0.1, 0.15) is 0 Å². The van der Waals surface area contributed by atoms with Gasteiger partial charge in [0.15, 0.2) is 0 Å². The first-order chi connectivity index (χ1) is 3.91. The Kier molecular flexibility index (Phi) is 26.2. The number of hydrogen-bond donors (Lipinski definition) is 4. The van der Waals surface area contributed by atoms with Gasteiger partial charge in [0.25, 0.3) is 0 Å². The fourth-order valence-electron chi connectivity index (χ4n) is 0.250. The monoisotopic (exact) mass is 152 g/mol. The van der Waals surface area contributed by atoms with Crippen molar-refractivity contribution in [2.45, 2.75) is 25.7 Å². The average molecular weight is 152 g/mol. The number of aliphatic hydroxyl groups is 2. The predicted molar refractivity (Wildman–Crippen MR) is 42.7 cm³/mol. The van der Waals surface area contributed by atoms with Crippen molar-refractivity contribution in [1.82, 2.24) is 12.3 Å². The highest BCUT2D eigenvalue weighted by Crippen LogP contribution is 2.15. The van der Waals surface area contributed by atoms with Crippen molar-refractivity contribution < 1.29 is 10.2 Å². The van der Waals surface area contributed by atoms with Crippen LogP contribution in [0.3, 0.4) is 0 Å². The molecule has 0 saturated heterocycles. The summed E-state index contributed by atoms with van der Waals surface area (Å²) in [7, 11) is 0. The van der Waals surface area contributed by atoms with Crippen LogP contribution < -0.4 is 12.3 Å². The quantitative estimate of drug-likeness (QED) is 0.446. The standard InChI is InChI=1S/C4H8.C2H6O2.2H3N/c1-2-4-3-1;3-1-2-4;;/h1-4H2;3-4H,1-2H2;2*1H3. The second kappa shape index (κ2) is 15.9. The Labute approximate surface area is 62.4 Å². The Morgan fingerprint density at radius 3 is 0.900 bits per heavy atom. The van der Waals surface area contributed by atoms with E-state index in [1.807, 2.05) is 0 Å². The van der Waals surface area contributed by atoms with Gasteiger partial charge in [-0.2, -0.15) is 0 Å². The van der Waals surface area contributed by atoms with E-state index >= 15 is 0 Å². The molecule has 4 nitrogen and oxygen atoms in total. The third kappa shape index (κ3) is 15.7. The van der Waals surface area contributed by atoms with Crippen LogP contribution in [-0.2, 0) is 0 Å². The van der Waals surface area contributed by atoms with Gasteiger partial charge < -0.3 is 22.5 Å². The smallest absolute Gasteiger partial charge is 0.0662 e. The maximum atomic E-state index is 7.62. The van der Waals surface area contributed by atoms with Gasteiger partial charge in [0, 0.05) is 0 Å². The van der Waals surface area contributed by atoms with Crippen LogP contribution in [0, 0.1) is 0 Å². The van der Waals surface area contributed by atoms with Crippen LogP contribution in [-0.4, -0.2) is 23.4 Å².